The van der Waals surface area contributed by atoms with Crippen LogP contribution in [0.4, 0.5) is 0 Å². The number of methoxy groups -OCH3 is 1. The van der Waals surface area contributed by atoms with E-state index in [4.69, 9.17) is 9.47 Å². The molecular weight excluding hydrogens is 322 g/mol. The van der Waals surface area contributed by atoms with E-state index in [1.54, 1.807) is 19.4 Å². The zero-order chi connectivity index (χ0) is 17.2. The van der Waals surface area contributed by atoms with Gasteiger partial charge in [-0.05, 0) is 24.2 Å². The summed E-state index contributed by atoms with van der Waals surface area (Å²) in [7, 11) is 1.61. The number of hydrogen-bond acceptors (Lipinski definition) is 7. The third-order valence-corrected chi connectivity index (χ3v) is 3.78. The van der Waals surface area contributed by atoms with Gasteiger partial charge in [-0.15, -0.1) is 0 Å². The van der Waals surface area contributed by atoms with Gasteiger partial charge in [0, 0.05) is 18.7 Å². The van der Waals surface area contributed by atoms with Gasteiger partial charge in [-0.3, -0.25) is 0 Å². The average molecular weight is 337 g/mol. The van der Waals surface area contributed by atoms with Crippen molar-refractivity contribution < 1.29 is 14.1 Å². The van der Waals surface area contributed by atoms with Crippen LogP contribution in [0.2, 0.25) is 0 Å². The minimum atomic E-state index is 0.472. The smallest absolute Gasteiger partial charge is 0.221 e. The number of imidazole rings is 1. The molecule has 0 aliphatic rings. The summed E-state index contributed by atoms with van der Waals surface area (Å²) < 4.78 is 17.7. The van der Waals surface area contributed by atoms with Crippen LogP contribution in [0.25, 0.3) is 22.6 Å². The predicted octanol–water partition coefficient (Wildman–Crippen LogP) is 3.30. The predicted molar refractivity (Wildman–Crippen MR) is 89.6 cm³/mol. The maximum atomic E-state index is 5.85. The quantitative estimate of drug-likeness (QED) is 0.552. The lowest BCUT2D eigenvalue weighted by molar-refractivity contribution is 0.308. The van der Waals surface area contributed by atoms with E-state index >= 15 is 0 Å². The Morgan fingerprint density at radius 1 is 1.16 bits per heavy atom. The summed E-state index contributed by atoms with van der Waals surface area (Å²) in [5.74, 6) is 2.52. The Morgan fingerprint density at radius 2 is 2.04 bits per heavy atom. The highest BCUT2D eigenvalue weighted by atomic mass is 16.6. The van der Waals surface area contributed by atoms with Crippen molar-refractivity contribution in [3.63, 3.8) is 0 Å². The molecule has 1 aromatic carbocycles. The fraction of sp³-hybridized carbons (Fsp3) is 0.176. The number of pyridine rings is 1. The lowest BCUT2D eigenvalue weighted by Gasteiger charge is -2.07. The van der Waals surface area contributed by atoms with Crippen molar-refractivity contribution in [3.8, 4) is 28.9 Å². The van der Waals surface area contributed by atoms with E-state index in [9.17, 15) is 0 Å². The summed E-state index contributed by atoms with van der Waals surface area (Å²) in [6.07, 6.45) is 3.21. The molecule has 0 unspecified atom stereocenters. The molecule has 126 valence electrons. The fourth-order valence-electron chi connectivity index (χ4n) is 2.63. The summed E-state index contributed by atoms with van der Waals surface area (Å²) in [5, 5.41) is 7.51. The second-order valence-electron chi connectivity index (χ2n) is 5.26. The minimum Gasteiger partial charge on any atom is -0.497 e. The largest absolute Gasteiger partial charge is 0.497 e. The molecule has 8 nitrogen and oxygen atoms in total. The highest BCUT2D eigenvalue weighted by Crippen LogP contribution is 2.28. The monoisotopic (exact) mass is 337 g/mol. The van der Waals surface area contributed by atoms with Gasteiger partial charge in [-0.25, -0.2) is 14.6 Å². The zero-order valence-electron chi connectivity index (χ0n) is 13.7. The van der Waals surface area contributed by atoms with Crippen LogP contribution in [-0.2, 0) is 6.54 Å². The van der Waals surface area contributed by atoms with Gasteiger partial charge in [-0.2, -0.15) is 0 Å². The van der Waals surface area contributed by atoms with E-state index in [1.807, 2.05) is 35.8 Å². The number of benzene rings is 1. The van der Waals surface area contributed by atoms with Crippen LogP contribution < -0.4 is 9.47 Å². The SMILES string of the molecule is CCn1c(-c2cnon2)nc2cnc(Oc3cccc(OC)c3)cc21. The van der Waals surface area contributed by atoms with Crippen LogP contribution in [0.5, 0.6) is 17.4 Å². The summed E-state index contributed by atoms with van der Waals surface area (Å²) >= 11 is 0. The molecule has 3 heterocycles. The summed E-state index contributed by atoms with van der Waals surface area (Å²) in [6, 6.07) is 9.21. The third kappa shape index (κ3) is 2.78. The molecule has 0 amide bonds. The van der Waals surface area contributed by atoms with Crippen LogP contribution >= 0.6 is 0 Å². The van der Waals surface area contributed by atoms with Crippen LogP contribution in [0, 0.1) is 0 Å². The normalized spacial score (nSPS) is 11.0. The molecule has 0 bridgehead atoms. The highest BCUT2D eigenvalue weighted by Gasteiger charge is 2.16. The van der Waals surface area contributed by atoms with Crippen molar-refractivity contribution in [2.24, 2.45) is 0 Å². The Morgan fingerprint density at radius 3 is 2.80 bits per heavy atom. The summed E-state index contributed by atoms with van der Waals surface area (Å²) in [4.78, 5) is 8.89. The first-order valence-corrected chi connectivity index (χ1v) is 7.74. The van der Waals surface area contributed by atoms with Crippen LogP contribution in [0.15, 0.2) is 47.4 Å². The van der Waals surface area contributed by atoms with Gasteiger partial charge in [0.15, 0.2) is 11.5 Å². The minimum absolute atomic E-state index is 0.472. The standard InChI is InChI=1S/C17H15N5O3/c1-3-22-15-8-16(24-12-6-4-5-11(7-12)23-2)18-9-13(15)20-17(22)14-10-19-25-21-14/h4-10H,3H2,1-2H3. The molecular formula is C17H15N5O3. The van der Waals surface area contributed by atoms with Gasteiger partial charge in [0.2, 0.25) is 5.88 Å². The molecule has 0 spiro atoms. The molecule has 0 N–H and O–H groups in total. The number of rotatable bonds is 5. The van der Waals surface area contributed by atoms with Gasteiger partial charge < -0.3 is 14.0 Å². The molecule has 0 aliphatic heterocycles. The first kappa shape index (κ1) is 15.1. The molecule has 4 aromatic rings. The number of fused-ring (bicyclic) bond motifs is 1. The Hall–Kier alpha value is -3.42. The number of hydrogen-bond donors (Lipinski definition) is 0. The van der Waals surface area contributed by atoms with Gasteiger partial charge in [0.1, 0.15) is 23.2 Å². The molecule has 0 saturated carbocycles. The average Bonchev–Trinajstić information content (AvgIpc) is 3.28. The Kier molecular flexibility index (Phi) is 3.77. The van der Waals surface area contributed by atoms with Crippen molar-refractivity contribution in [2.45, 2.75) is 13.5 Å². The van der Waals surface area contributed by atoms with Crippen LogP contribution in [-0.4, -0.2) is 32.0 Å². The maximum absolute atomic E-state index is 5.85. The Balaban J connectivity index is 1.74. The van der Waals surface area contributed by atoms with Crippen LogP contribution in [0.1, 0.15) is 6.92 Å². The molecule has 0 aliphatic carbocycles. The van der Waals surface area contributed by atoms with E-state index in [2.05, 4.69) is 24.9 Å². The van der Waals surface area contributed by atoms with E-state index in [0.29, 0.717) is 29.7 Å². The summed E-state index contributed by atoms with van der Waals surface area (Å²) in [6.45, 7) is 2.74. The van der Waals surface area contributed by atoms with Crippen molar-refractivity contribution in [1.82, 2.24) is 24.8 Å². The van der Waals surface area contributed by atoms with E-state index < -0.39 is 0 Å². The van der Waals surface area contributed by atoms with Crippen molar-refractivity contribution in [2.75, 3.05) is 7.11 Å². The molecule has 8 heteroatoms. The van der Waals surface area contributed by atoms with E-state index in [0.717, 1.165) is 16.8 Å². The second kappa shape index (κ2) is 6.23. The second-order valence-corrected chi connectivity index (χ2v) is 5.26. The van der Waals surface area contributed by atoms with Gasteiger partial charge in [-0.1, -0.05) is 11.2 Å². The third-order valence-electron chi connectivity index (χ3n) is 3.78. The topological polar surface area (TPSA) is 88.1 Å². The molecule has 0 atom stereocenters. The van der Waals surface area contributed by atoms with Crippen LogP contribution in [0.3, 0.4) is 0 Å². The molecule has 3 aromatic heterocycles. The number of aryl methyl sites for hydroxylation is 1. The lowest BCUT2D eigenvalue weighted by Crippen LogP contribution is -1.98. The first-order valence-electron chi connectivity index (χ1n) is 7.74. The zero-order valence-corrected chi connectivity index (χ0v) is 13.7. The Labute approximate surface area is 143 Å². The van der Waals surface area contributed by atoms with Gasteiger partial charge in [0.05, 0.1) is 18.8 Å². The number of ether oxygens (including phenoxy) is 2. The summed E-state index contributed by atoms with van der Waals surface area (Å²) in [5.41, 5.74) is 2.22. The van der Waals surface area contributed by atoms with Crippen molar-refractivity contribution in [3.05, 3.63) is 42.7 Å². The maximum Gasteiger partial charge on any atom is 0.221 e. The molecule has 4 rings (SSSR count). The first-order chi connectivity index (χ1) is 12.3. The highest BCUT2D eigenvalue weighted by molar-refractivity contribution is 5.80. The molecule has 0 radical (unpaired) electrons. The lowest BCUT2D eigenvalue weighted by atomic mass is 10.3. The van der Waals surface area contributed by atoms with Crippen molar-refractivity contribution in [1.29, 1.82) is 0 Å². The molecule has 0 saturated heterocycles. The van der Waals surface area contributed by atoms with Gasteiger partial charge >= 0.3 is 0 Å². The van der Waals surface area contributed by atoms with E-state index in [-0.39, 0.29) is 0 Å². The van der Waals surface area contributed by atoms with Gasteiger partial charge in [0.25, 0.3) is 0 Å². The number of aromatic nitrogens is 5. The Bertz CT molecular complexity index is 1010. The van der Waals surface area contributed by atoms with E-state index in [1.165, 1.54) is 6.20 Å². The molecule has 0 fully saturated rings. The fourth-order valence-corrected chi connectivity index (χ4v) is 2.63. The van der Waals surface area contributed by atoms with Crippen molar-refractivity contribution >= 4 is 11.0 Å². The molecule has 25 heavy (non-hydrogen) atoms. The number of nitrogens with zero attached hydrogens (tertiary/aromatic N) is 5.